The number of benzene rings is 1. The SMILES string of the molecule is CCCN(CCC)C1Cc2ccccc2C1OS(=O)(=O)C(F)(F)F. The average Bonchev–Trinajstić information content (AvgIpc) is 2.84. The summed E-state index contributed by atoms with van der Waals surface area (Å²) in [6, 6.07) is 6.51. The molecule has 1 aliphatic carbocycles. The summed E-state index contributed by atoms with van der Waals surface area (Å²) in [5.41, 5.74) is -4.07. The van der Waals surface area contributed by atoms with Gasteiger partial charge in [-0.2, -0.15) is 21.6 Å². The number of fused-ring (bicyclic) bond motifs is 1. The Labute approximate surface area is 140 Å². The first-order chi connectivity index (χ1) is 11.2. The smallest absolute Gasteiger partial charge is 0.297 e. The highest BCUT2D eigenvalue weighted by atomic mass is 32.2. The lowest BCUT2D eigenvalue weighted by atomic mass is 10.1. The van der Waals surface area contributed by atoms with Gasteiger partial charge in [0.15, 0.2) is 0 Å². The molecule has 0 saturated heterocycles. The molecule has 2 rings (SSSR count). The Bertz CT molecular complexity index is 655. The summed E-state index contributed by atoms with van der Waals surface area (Å²) in [6.07, 6.45) is 0.997. The zero-order chi connectivity index (χ0) is 18.0. The van der Waals surface area contributed by atoms with E-state index < -0.39 is 27.8 Å². The van der Waals surface area contributed by atoms with Gasteiger partial charge in [0.25, 0.3) is 0 Å². The molecule has 4 nitrogen and oxygen atoms in total. The fourth-order valence-corrected chi connectivity index (χ4v) is 3.80. The summed E-state index contributed by atoms with van der Waals surface area (Å²) in [5, 5.41) is 0. The second-order valence-electron chi connectivity index (χ2n) is 5.92. The van der Waals surface area contributed by atoms with E-state index in [1.54, 1.807) is 18.2 Å². The van der Waals surface area contributed by atoms with Crippen LogP contribution in [0.15, 0.2) is 24.3 Å². The Hall–Kier alpha value is -1.12. The molecule has 0 bridgehead atoms. The standard InChI is InChI=1S/C16H22F3NO3S/c1-3-9-20(10-4-2)14-11-12-7-5-6-8-13(12)15(14)23-24(21,22)16(17,18)19/h5-8,14-15H,3-4,9-11H2,1-2H3. The van der Waals surface area contributed by atoms with Gasteiger partial charge in [-0.1, -0.05) is 38.1 Å². The lowest BCUT2D eigenvalue weighted by molar-refractivity contribution is -0.0605. The summed E-state index contributed by atoms with van der Waals surface area (Å²) in [7, 11) is -5.65. The van der Waals surface area contributed by atoms with E-state index in [4.69, 9.17) is 0 Å². The summed E-state index contributed by atoms with van der Waals surface area (Å²) in [5.74, 6) is 0. The molecule has 24 heavy (non-hydrogen) atoms. The lowest BCUT2D eigenvalue weighted by Gasteiger charge is -2.32. The van der Waals surface area contributed by atoms with E-state index in [0.717, 1.165) is 18.4 Å². The molecule has 0 aromatic heterocycles. The fourth-order valence-electron chi connectivity index (χ4n) is 3.18. The average molecular weight is 365 g/mol. The molecule has 0 radical (unpaired) electrons. The Morgan fingerprint density at radius 3 is 2.29 bits per heavy atom. The largest absolute Gasteiger partial charge is 0.523 e. The van der Waals surface area contributed by atoms with Crippen molar-refractivity contribution in [3.8, 4) is 0 Å². The maximum absolute atomic E-state index is 12.8. The van der Waals surface area contributed by atoms with E-state index in [-0.39, 0.29) is 0 Å². The molecule has 0 amide bonds. The lowest BCUT2D eigenvalue weighted by Crippen LogP contribution is -2.41. The number of nitrogens with zero attached hydrogens (tertiary/aromatic N) is 1. The molecule has 0 N–H and O–H groups in total. The number of alkyl halides is 3. The second-order valence-corrected chi connectivity index (χ2v) is 7.49. The monoisotopic (exact) mass is 365 g/mol. The molecule has 2 atom stereocenters. The highest BCUT2D eigenvalue weighted by molar-refractivity contribution is 7.87. The number of halogens is 3. The first kappa shape index (κ1) is 19.2. The van der Waals surface area contributed by atoms with E-state index in [0.29, 0.717) is 25.1 Å². The van der Waals surface area contributed by atoms with Crippen molar-refractivity contribution >= 4 is 10.1 Å². The van der Waals surface area contributed by atoms with E-state index in [1.807, 2.05) is 24.8 Å². The number of rotatable bonds is 7. The molecule has 1 aromatic carbocycles. The van der Waals surface area contributed by atoms with Crippen LogP contribution in [0.2, 0.25) is 0 Å². The Morgan fingerprint density at radius 1 is 1.17 bits per heavy atom. The van der Waals surface area contributed by atoms with Crippen LogP contribution < -0.4 is 0 Å². The number of hydrogen-bond acceptors (Lipinski definition) is 4. The van der Waals surface area contributed by atoms with Gasteiger partial charge in [-0.25, -0.2) is 0 Å². The highest BCUT2D eigenvalue weighted by Crippen LogP contribution is 2.40. The summed E-state index contributed by atoms with van der Waals surface area (Å²) in [4.78, 5) is 2.02. The Balaban J connectivity index is 2.37. The molecule has 0 heterocycles. The van der Waals surface area contributed by atoms with Crippen LogP contribution in [-0.2, 0) is 20.7 Å². The zero-order valence-electron chi connectivity index (χ0n) is 13.7. The van der Waals surface area contributed by atoms with E-state index in [2.05, 4.69) is 4.18 Å². The third-order valence-corrected chi connectivity index (χ3v) is 5.17. The number of hydrogen-bond donors (Lipinski definition) is 0. The molecule has 1 aliphatic rings. The van der Waals surface area contributed by atoms with Gasteiger partial charge >= 0.3 is 15.6 Å². The van der Waals surface area contributed by atoms with E-state index in [9.17, 15) is 21.6 Å². The van der Waals surface area contributed by atoms with Gasteiger partial charge in [0.05, 0.1) is 0 Å². The third kappa shape index (κ3) is 3.92. The van der Waals surface area contributed by atoms with Crippen molar-refractivity contribution in [3.05, 3.63) is 35.4 Å². The maximum Gasteiger partial charge on any atom is 0.523 e. The molecule has 0 fully saturated rings. The van der Waals surface area contributed by atoms with Crippen LogP contribution in [0.3, 0.4) is 0 Å². The van der Waals surface area contributed by atoms with E-state index in [1.165, 1.54) is 0 Å². The summed E-state index contributed by atoms with van der Waals surface area (Å²) in [6.45, 7) is 5.32. The predicted molar refractivity (Wildman–Crippen MR) is 84.9 cm³/mol. The topological polar surface area (TPSA) is 46.6 Å². The minimum atomic E-state index is -5.65. The van der Waals surface area contributed by atoms with Crippen molar-refractivity contribution < 1.29 is 25.8 Å². The van der Waals surface area contributed by atoms with Gasteiger partial charge in [0, 0.05) is 6.04 Å². The van der Waals surface area contributed by atoms with Crippen LogP contribution in [0.1, 0.15) is 43.9 Å². The maximum atomic E-state index is 12.8. The first-order valence-electron chi connectivity index (χ1n) is 8.02. The van der Waals surface area contributed by atoms with Gasteiger partial charge in [0.1, 0.15) is 6.10 Å². The van der Waals surface area contributed by atoms with Crippen molar-refractivity contribution in [1.29, 1.82) is 0 Å². The van der Waals surface area contributed by atoms with Crippen molar-refractivity contribution in [1.82, 2.24) is 4.90 Å². The van der Waals surface area contributed by atoms with Crippen molar-refractivity contribution in [3.63, 3.8) is 0 Å². The van der Waals surface area contributed by atoms with Crippen molar-refractivity contribution in [2.75, 3.05) is 13.1 Å². The fraction of sp³-hybridized carbons (Fsp3) is 0.625. The van der Waals surface area contributed by atoms with Gasteiger partial charge < -0.3 is 0 Å². The molecular weight excluding hydrogens is 343 g/mol. The highest BCUT2D eigenvalue weighted by Gasteiger charge is 2.51. The van der Waals surface area contributed by atoms with Gasteiger partial charge in [-0.15, -0.1) is 0 Å². The normalized spacial score (nSPS) is 21.2. The Kier molecular flexibility index (Phi) is 5.93. The minimum absolute atomic E-state index is 0.417. The van der Waals surface area contributed by atoms with Crippen molar-refractivity contribution in [2.24, 2.45) is 0 Å². The van der Waals surface area contributed by atoms with E-state index >= 15 is 0 Å². The Morgan fingerprint density at radius 2 is 1.75 bits per heavy atom. The molecule has 0 saturated carbocycles. The second kappa shape index (κ2) is 7.41. The quantitative estimate of drug-likeness (QED) is 0.547. The molecule has 1 aromatic rings. The molecule has 0 aliphatic heterocycles. The van der Waals surface area contributed by atoms with Gasteiger partial charge in [0.2, 0.25) is 0 Å². The van der Waals surface area contributed by atoms with Crippen molar-refractivity contribution in [2.45, 2.75) is 50.8 Å². The van der Waals surface area contributed by atoms with Crippen LogP contribution >= 0.6 is 0 Å². The summed E-state index contributed by atoms with van der Waals surface area (Å²) < 4.78 is 66.0. The minimum Gasteiger partial charge on any atom is -0.297 e. The molecular formula is C16H22F3NO3S. The molecule has 8 heteroatoms. The molecule has 136 valence electrons. The predicted octanol–water partition coefficient (Wildman–Crippen LogP) is 3.64. The van der Waals surface area contributed by atoms with Crippen LogP contribution in [-0.4, -0.2) is 38.0 Å². The zero-order valence-corrected chi connectivity index (χ0v) is 14.5. The van der Waals surface area contributed by atoms with Gasteiger partial charge in [-0.05, 0) is 43.5 Å². The van der Waals surface area contributed by atoms with Crippen LogP contribution in [0.25, 0.3) is 0 Å². The van der Waals surface area contributed by atoms with Crippen LogP contribution in [0, 0.1) is 0 Å². The third-order valence-electron chi connectivity index (χ3n) is 4.14. The van der Waals surface area contributed by atoms with Crippen LogP contribution in [0.5, 0.6) is 0 Å². The summed E-state index contributed by atoms with van der Waals surface area (Å²) >= 11 is 0. The van der Waals surface area contributed by atoms with Gasteiger partial charge in [-0.3, -0.25) is 9.08 Å². The molecule has 0 spiro atoms. The van der Waals surface area contributed by atoms with Crippen LogP contribution in [0.4, 0.5) is 13.2 Å². The molecule has 2 unspecified atom stereocenters. The first-order valence-corrected chi connectivity index (χ1v) is 9.43.